The summed E-state index contributed by atoms with van der Waals surface area (Å²) in [5, 5.41) is 0. The average molecular weight is 275 g/mol. The smallest absolute Gasteiger partial charge is 0.225 e. The van der Waals surface area contributed by atoms with Crippen molar-refractivity contribution in [2.45, 2.75) is 33.2 Å². The van der Waals surface area contributed by atoms with Crippen LogP contribution in [-0.2, 0) is 11.3 Å². The number of hydrogen-bond acceptors (Lipinski definition) is 1. The Balaban J connectivity index is 1.79. The summed E-state index contributed by atoms with van der Waals surface area (Å²) in [4.78, 5) is 15.9. The molecule has 110 valence electrons. The molecule has 0 saturated carbocycles. The lowest BCUT2D eigenvalue weighted by molar-refractivity contribution is -0.917. The number of quaternary nitrogens is 1. The molecule has 0 aliphatic carbocycles. The third kappa shape index (κ3) is 4.07. The summed E-state index contributed by atoms with van der Waals surface area (Å²) in [5.74, 6) is 0.543. The molecule has 1 fully saturated rings. The minimum absolute atomic E-state index is 0.190. The Labute approximate surface area is 122 Å². The van der Waals surface area contributed by atoms with Gasteiger partial charge in [0, 0.05) is 11.5 Å². The zero-order valence-electron chi connectivity index (χ0n) is 12.8. The maximum absolute atomic E-state index is 12.3. The Kier molecular flexibility index (Phi) is 5.60. The first-order chi connectivity index (χ1) is 9.70. The first-order valence-corrected chi connectivity index (χ1v) is 7.87. The molecule has 1 N–H and O–H groups in total. The molecule has 0 radical (unpaired) electrons. The molecule has 0 aromatic heterocycles. The molecule has 1 aromatic rings. The fourth-order valence-electron chi connectivity index (χ4n) is 2.97. The van der Waals surface area contributed by atoms with E-state index in [-0.39, 0.29) is 5.92 Å². The summed E-state index contributed by atoms with van der Waals surface area (Å²) in [6.45, 7) is 9.25. The zero-order chi connectivity index (χ0) is 14.4. The van der Waals surface area contributed by atoms with Crippen molar-refractivity contribution >= 4 is 5.91 Å². The van der Waals surface area contributed by atoms with Crippen molar-refractivity contribution in [3.05, 3.63) is 35.9 Å². The third-order valence-electron chi connectivity index (χ3n) is 4.22. The lowest BCUT2D eigenvalue weighted by Gasteiger charge is -2.33. The number of hydrogen-bond donors (Lipinski definition) is 1. The normalized spacial score (nSPS) is 18.0. The van der Waals surface area contributed by atoms with Gasteiger partial charge in [-0.15, -0.1) is 0 Å². The molecule has 1 atom stereocenters. The number of benzene rings is 1. The molecule has 1 saturated heterocycles. The lowest BCUT2D eigenvalue weighted by Crippen LogP contribution is -3.13. The molecule has 20 heavy (non-hydrogen) atoms. The van der Waals surface area contributed by atoms with Crippen molar-refractivity contribution < 1.29 is 9.69 Å². The highest BCUT2D eigenvalue weighted by Gasteiger charge is 2.26. The van der Waals surface area contributed by atoms with Crippen LogP contribution in [0.2, 0.25) is 0 Å². The van der Waals surface area contributed by atoms with Crippen LogP contribution >= 0.6 is 0 Å². The molecule has 1 unspecified atom stereocenters. The average Bonchev–Trinajstić information content (AvgIpc) is 2.48. The lowest BCUT2D eigenvalue weighted by atomic mass is 10.0. The molecule has 0 bridgehead atoms. The van der Waals surface area contributed by atoms with Gasteiger partial charge in [0.05, 0.1) is 26.2 Å². The maximum atomic E-state index is 12.3. The Morgan fingerprint density at radius 1 is 1.25 bits per heavy atom. The molecule has 2 rings (SSSR count). The standard InChI is InChI=1S/C17H26N2O/c1-3-7-15(2)17(20)19-12-10-18(11-13-19)14-16-8-5-4-6-9-16/h4-6,8-9,15H,3,7,10-14H2,1-2H3/p+1. The van der Waals surface area contributed by atoms with Crippen LogP contribution in [-0.4, -0.2) is 37.0 Å². The Hall–Kier alpha value is -1.35. The van der Waals surface area contributed by atoms with E-state index in [2.05, 4.69) is 49.1 Å². The van der Waals surface area contributed by atoms with Gasteiger partial charge in [-0.3, -0.25) is 4.79 Å². The predicted octanol–water partition coefficient (Wildman–Crippen LogP) is 1.35. The Bertz CT molecular complexity index is 410. The van der Waals surface area contributed by atoms with Crippen molar-refractivity contribution in [3.8, 4) is 0 Å². The van der Waals surface area contributed by atoms with E-state index in [1.807, 2.05) is 0 Å². The number of carbonyl (C=O) groups excluding carboxylic acids is 1. The fourth-order valence-corrected chi connectivity index (χ4v) is 2.97. The monoisotopic (exact) mass is 275 g/mol. The van der Waals surface area contributed by atoms with Gasteiger partial charge in [0.15, 0.2) is 0 Å². The van der Waals surface area contributed by atoms with Crippen molar-refractivity contribution in [2.24, 2.45) is 5.92 Å². The highest BCUT2D eigenvalue weighted by Crippen LogP contribution is 2.09. The molecule has 0 spiro atoms. The van der Waals surface area contributed by atoms with E-state index in [4.69, 9.17) is 0 Å². The van der Waals surface area contributed by atoms with Crippen molar-refractivity contribution in [1.29, 1.82) is 0 Å². The molecule has 1 aromatic carbocycles. The van der Waals surface area contributed by atoms with Crippen molar-refractivity contribution in [1.82, 2.24) is 4.90 Å². The Morgan fingerprint density at radius 2 is 1.90 bits per heavy atom. The largest absolute Gasteiger partial charge is 0.331 e. The number of nitrogens with zero attached hydrogens (tertiary/aromatic N) is 1. The first-order valence-electron chi connectivity index (χ1n) is 7.87. The van der Waals surface area contributed by atoms with Crippen molar-refractivity contribution in [3.63, 3.8) is 0 Å². The second kappa shape index (κ2) is 7.44. The zero-order valence-corrected chi connectivity index (χ0v) is 12.8. The van der Waals surface area contributed by atoms with Crippen LogP contribution in [0.3, 0.4) is 0 Å². The van der Waals surface area contributed by atoms with E-state index in [1.54, 1.807) is 4.90 Å². The number of amides is 1. The summed E-state index contributed by atoms with van der Waals surface area (Å²) in [7, 11) is 0. The van der Waals surface area contributed by atoms with Crippen molar-refractivity contribution in [2.75, 3.05) is 26.2 Å². The molecular weight excluding hydrogens is 248 g/mol. The molecular formula is C17H27N2O+. The fraction of sp³-hybridized carbons (Fsp3) is 0.588. The molecule has 1 aliphatic rings. The number of carbonyl (C=O) groups is 1. The van der Waals surface area contributed by atoms with E-state index >= 15 is 0 Å². The minimum Gasteiger partial charge on any atom is -0.331 e. The van der Waals surface area contributed by atoms with Crippen LogP contribution < -0.4 is 4.90 Å². The van der Waals surface area contributed by atoms with E-state index in [0.29, 0.717) is 5.91 Å². The topological polar surface area (TPSA) is 24.8 Å². The highest BCUT2D eigenvalue weighted by atomic mass is 16.2. The molecule has 3 heteroatoms. The number of piperazine rings is 1. The van der Waals surface area contributed by atoms with Gasteiger partial charge in [-0.2, -0.15) is 0 Å². The molecule has 1 aliphatic heterocycles. The van der Waals surface area contributed by atoms with Gasteiger partial charge in [-0.1, -0.05) is 50.6 Å². The molecule has 1 heterocycles. The van der Waals surface area contributed by atoms with Gasteiger partial charge >= 0.3 is 0 Å². The van der Waals surface area contributed by atoms with Gasteiger partial charge < -0.3 is 9.80 Å². The summed E-state index contributed by atoms with van der Waals surface area (Å²) >= 11 is 0. The van der Waals surface area contributed by atoms with Crippen LogP contribution in [0, 0.1) is 5.92 Å². The number of nitrogens with one attached hydrogen (secondary N) is 1. The van der Waals surface area contributed by atoms with Crippen LogP contribution in [0.5, 0.6) is 0 Å². The summed E-state index contributed by atoms with van der Waals surface area (Å²) < 4.78 is 0. The van der Waals surface area contributed by atoms with E-state index in [1.165, 1.54) is 5.56 Å². The third-order valence-corrected chi connectivity index (χ3v) is 4.22. The minimum atomic E-state index is 0.190. The summed E-state index contributed by atoms with van der Waals surface area (Å²) in [6.07, 6.45) is 2.10. The quantitative estimate of drug-likeness (QED) is 0.862. The maximum Gasteiger partial charge on any atom is 0.225 e. The van der Waals surface area contributed by atoms with E-state index in [0.717, 1.165) is 45.6 Å². The van der Waals surface area contributed by atoms with Gasteiger partial charge in [-0.25, -0.2) is 0 Å². The second-order valence-electron chi connectivity index (χ2n) is 5.93. The van der Waals surface area contributed by atoms with E-state index in [9.17, 15) is 4.79 Å². The summed E-state index contributed by atoms with van der Waals surface area (Å²) in [5.41, 5.74) is 1.39. The Morgan fingerprint density at radius 3 is 2.50 bits per heavy atom. The summed E-state index contributed by atoms with van der Waals surface area (Å²) in [6, 6.07) is 10.6. The van der Waals surface area contributed by atoms with E-state index < -0.39 is 0 Å². The SMILES string of the molecule is CCCC(C)C(=O)N1CC[NH+](Cc2ccccc2)CC1. The van der Waals surface area contributed by atoms with Crippen LogP contribution in [0.4, 0.5) is 0 Å². The number of rotatable bonds is 5. The van der Waals surface area contributed by atoms with Crippen LogP contribution in [0.25, 0.3) is 0 Å². The predicted molar refractivity (Wildman–Crippen MR) is 81.5 cm³/mol. The van der Waals surface area contributed by atoms with Crippen LogP contribution in [0.1, 0.15) is 32.3 Å². The molecule has 1 amide bonds. The van der Waals surface area contributed by atoms with Gasteiger partial charge in [0.1, 0.15) is 6.54 Å². The second-order valence-corrected chi connectivity index (χ2v) is 5.93. The van der Waals surface area contributed by atoms with Crippen LogP contribution in [0.15, 0.2) is 30.3 Å². The van der Waals surface area contributed by atoms with Gasteiger partial charge in [0.2, 0.25) is 5.91 Å². The van der Waals surface area contributed by atoms with Gasteiger partial charge in [0.25, 0.3) is 0 Å². The van der Waals surface area contributed by atoms with Gasteiger partial charge in [-0.05, 0) is 6.42 Å². The highest BCUT2D eigenvalue weighted by molar-refractivity contribution is 5.78. The first kappa shape index (κ1) is 15.0. The molecule has 3 nitrogen and oxygen atoms in total.